The smallest absolute Gasteiger partial charge is 0.283 e. The molecule has 0 bridgehead atoms. The Kier molecular flexibility index (Phi) is 6.67. The highest BCUT2D eigenvalue weighted by molar-refractivity contribution is 5.98. The minimum Gasteiger partial charge on any atom is -0.445 e. The van der Waals surface area contributed by atoms with Gasteiger partial charge in [-0.1, -0.05) is 13.8 Å². The first-order chi connectivity index (χ1) is 5.28. The Morgan fingerprint density at radius 1 is 1.18 bits per heavy atom. The minimum atomic E-state index is 0.139. The van der Waals surface area contributed by atoms with E-state index in [-0.39, 0.29) is 12.2 Å². The molecule has 0 aliphatic carbocycles. The van der Waals surface area contributed by atoms with Gasteiger partial charge in [-0.25, -0.2) is 0 Å². The average Bonchev–Trinajstić information content (AvgIpc) is 2.07. The zero-order valence-electron chi connectivity index (χ0n) is 7.67. The van der Waals surface area contributed by atoms with E-state index in [0.29, 0.717) is 0 Å². The summed E-state index contributed by atoms with van der Waals surface area (Å²) in [6, 6.07) is 0. The fourth-order valence-electron chi connectivity index (χ4n) is 1.04. The topological polar surface area (TPSA) is 18.5 Å². The zero-order chi connectivity index (χ0) is 8.69. The second kappa shape index (κ2) is 6.68. The Labute approximate surface area is 70.7 Å². The summed E-state index contributed by atoms with van der Waals surface area (Å²) in [5.74, 6) is 0. The van der Waals surface area contributed by atoms with Crippen molar-refractivity contribution in [3.63, 3.8) is 0 Å². The fourth-order valence-corrected chi connectivity index (χ4v) is 1.04. The number of methoxy groups -OCH3 is 1. The van der Waals surface area contributed by atoms with Crippen molar-refractivity contribution in [1.82, 2.24) is 0 Å². The van der Waals surface area contributed by atoms with E-state index in [1.807, 2.05) is 0 Å². The maximum atomic E-state index is 5.20. The molecule has 11 heavy (non-hydrogen) atoms. The molecule has 0 heterocycles. The summed E-state index contributed by atoms with van der Waals surface area (Å²) >= 11 is 0. The molecule has 2 nitrogen and oxygen atoms in total. The van der Waals surface area contributed by atoms with Crippen LogP contribution in [-0.4, -0.2) is 27.4 Å². The Hall–Kier alpha value is -0.0151. The highest BCUT2D eigenvalue weighted by Crippen LogP contribution is 2.10. The van der Waals surface area contributed by atoms with Gasteiger partial charge >= 0.3 is 0 Å². The molecule has 0 aromatic rings. The highest BCUT2D eigenvalue weighted by Gasteiger charge is 2.11. The van der Waals surface area contributed by atoms with Gasteiger partial charge in [-0.3, -0.25) is 0 Å². The van der Waals surface area contributed by atoms with Gasteiger partial charge in [-0.2, -0.15) is 0 Å². The van der Waals surface area contributed by atoms with Crippen LogP contribution in [0.5, 0.6) is 0 Å². The standard InChI is InChI=1S/C8H17BO2/c1-4-7(10-3)6-8(5-2)11-9/h7-8H,4-6H2,1-3H3. The van der Waals surface area contributed by atoms with Crippen LogP contribution < -0.4 is 0 Å². The van der Waals surface area contributed by atoms with E-state index in [1.165, 1.54) is 0 Å². The number of ether oxygens (including phenoxy) is 1. The van der Waals surface area contributed by atoms with E-state index in [9.17, 15) is 0 Å². The normalized spacial score (nSPS) is 16.3. The van der Waals surface area contributed by atoms with Crippen molar-refractivity contribution < 1.29 is 9.39 Å². The van der Waals surface area contributed by atoms with E-state index in [2.05, 4.69) is 13.8 Å². The summed E-state index contributed by atoms with van der Waals surface area (Å²) in [7, 11) is 6.81. The van der Waals surface area contributed by atoms with Crippen LogP contribution in [0.3, 0.4) is 0 Å². The monoisotopic (exact) mass is 156 g/mol. The van der Waals surface area contributed by atoms with Crippen LogP contribution in [0, 0.1) is 0 Å². The van der Waals surface area contributed by atoms with Crippen LogP contribution in [0.25, 0.3) is 0 Å². The van der Waals surface area contributed by atoms with Gasteiger partial charge in [0.1, 0.15) is 0 Å². The molecule has 0 saturated carbocycles. The van der Waals surface area contributed by atoms with E-state index < -0.39 is 0 Å². The first-order valence-corrected chi connectivity index (χ1v) is 4.16. The molecule has 0 aromatic heterocycles. The predicted molar refractivity (Wildman–Crippen MR) is 46.6 cm³/mol. The van der Waals surface area contributed by atoms with Gasteiger partial charge in [-0.05, 0) is 19.3 Å². The molecule has 2 atom stereocenters. The summed E-state index contributed by atoms with van der Waals surface area (Å²) in [6.07, 6.45) is 3.26. The highest BCUT2D eigenvalue weighted by atomic mass is 16.5. The van der Waals surface area contributed by atoms with Gasteiger partial charge in [0, 0.05) is 13.2 Å². The van der Waals surface area contributed by atoms with Crippen molar-refractivity contribution in [3.8, 4) is 0 Å². The lowest BCUT2D eigenvalue weighted by Crippen LogP contribution is -2.20. The minimum absolute atomic E-state index is 0.139. The molecular weight excluding hydrogens is 139 g/mol. The molecule has 2 radical (unpaired) electrons. The lowest BCUT2D eigenvalue weighted by atomic mass is 10.1. The van der Waals surface area contributed by atoms with E-state index >= 15 is 0 Å². The van der Waals surface area contributed by atoms with Crippen LogP contribution in [0.2, 0.25) is 0 Å². The molecule has 0 spiro atoms. The third-order valence-electron chi connectivity index (χ3n) is 1.96. The van der Waals surface area contributed by atoms with Crippen LogP contribution in [0.4, 0.5) is 0 Å². The van der Waals surface area contributed by atoms with Crippen molar-refractivity contribution in [2.24, 2.45) is 0 Å². The van der Waals surface area contributed by atoms with Gasteiger partial charge in [-0.15, -0.1) is 0 Å². The molecule has 0 aromatic carbocycles. The number of hydrogen-bond acceptors (Lipinski definition) is 2. The lowest BCUT2D eigenvalue weighted by molar-refractivity contribution is 0.0534. The molecule has 2 unspecified atom stereocenters. The first kappa shape index (κ1) is 11.0. The van der Waals surface area contributed by atoms with E-state index in [0.717, 1.165) is 19.3 Å². The van der Waals surface area contributed by atoms with Crippen LogP contribution >= 0.6 is 0 Å². The molecule has 64 valence electrons. The summed E-state index contributed by atoms with van der Waals surface area (Å²) in [4.78, 5) is 0. The van der Waals surface area contributed by atoms with Gasteiger partial charge in [0.05, 0.1) is 6.10 Å². The number of hydrogen-bond donors (Lipinski definition) is 0. The average molecular weight is 156 g/mol. The summed E-state index contributed by atoms with van der Waals surface area (Å²) in [6.45, 7) is 4.15. The largest absolute Gasteiger partial charge is 0.445 e. The van der Waals surface area contributed by atoms with E-state index in [1.54, 1.807) is 7.11 Å². The van der Waals surface area contributed by atoms with Gasteiger partial charge < -0.3 is 9.39 Å². The van der Waals surface area contributed by atoms with Crippen molar-refractivity contribution in [2.75, 3.05) is 7.11 Å². The Morgan fingerprint density at radius 2 is 1.73 bits per heavy atom. The predicted octanol–water partition coefficient (Wildman–Crippen LogP) is 1.68. The van der Waals surface area contributed by atoms with E-state index in [4.69, 9.17) is 17.4 Å². The zero-order valence-corrected chi connectivity index (χ0v) is 7.67. The maximum absolute atomic E-state index is 5.20. The van der Waals surface area contributed by atoms with Crippen LogP contribution in [-0.2, 0) is 9.39 Å². The number of rotatable bonds is 6. The van der Waals surface area contributed by atoms with Gasteiger partial charge in [0.15, 0.2) is 0 Å². The third-order valence-corrected chi connectivity index (χ3v) is 1.96. The third kappa shape index (κ3) is 4.43. The second-order valence-corrected chi connectivity index (χ2v) is 2.67. The Balaban J connectivity index is 3.58. The molecule has 0 saturated heterocycles. The van der Waals surface area contributed by atoms with Gasteiger partial charge in [0.2, 0.25) is 0 Å². The fraction of sp³-hybridized carbons (Fsp3) is 1.00. The Morgan fingerprint density at radius 3 is 2.00 bits per heavy atom. The van der Waals surface area contributed by atoms with Crippen molar-refractivity contribution in [3.05, 3.63) is 0 Å². The molecule has 0 rings (SSSR count). The summed E-state index contributed by atoms with van der Waals surface area (Å²) < 4.78 is 9.95. The second-order valence-electron chi connectivity index (χ2n) is 2.67. The van der Waals surface area contributed by atoms with Crippen molar-refractivity contribution in [2.45, 2.75) is 45.3 Å². The van der Waals surface area contributed by atoms with Crippen molar-refractivity contribution in [1.29, 1.82) is 0 Å². The Bertz CT molecular complexity index is 70.2. The molecular formula is C8H17BO2. The maximum Gasteiger partial charge on any atom is 0.283 e. The summed E-state index contributed by atoms with van der Waals surface area (Å²) in [5.41, 5.74) is 0. The molecule has 0 amide bonds. The molecule has 0 aliphatic rings. The SMILES string of the molecule is [B]OC(CC)CC(CC)OC. The molecule has 3 heteroatoms. The van der Waals surface area contributed by atoms with Crippen molar-refractivity contribution >= 4 is 8.05 Å². The molecule has 0 fully saturated rings. The lowest BCUT2D eigenvalue weighted by Gasteiger charge is -2.19. The van der Waals surface area contributed by atoms with Gasteiger partial charge in [0.25, 0.3) is 8.05 Å². The molecule has 0 N–H and O–H groups in total. The molecule has 0 aliphatic heterocycles. The van der Waals surface area contributed by atoms with Crippen LogP contribution in [0.15, 0.2) is 0 Å². The first-order valence-electron chi connectivity index (χ1n) is 4.16. The summed E-state index contributed by atoms with van der Waals surface area (Å²) in [5, 5.41) is 0. The van der Waals surface area contributed by atoms with Crippen LogP contribution in [0.1, 0.15) is 33.1 Å². The quantitative estimate of drug-likeness (QED) is 0.544.